The highest BCUT2D eigenvalue weighted by Gasteiger charge is 2.02. The molecule has 1 amide bonds. The normalized spacial score (nSPS) is 11.0. The van der Waals surface area contributed by atoms with Crippen LogP contribution in [-0.4, -0.2) is 32.1 Å². The smallest absolute Gasteiger partial charge is 0.220 e. The van der Waals surface area contributed by atoms with Crippen molar-refractivity contribution in [3.05, 3.63) is 0 Å². The molecule has 0 saturated heterocycles. The molecule has 4 heteroatoms. The van der Waals surface area contributed by atoms with Crippen molar-refractivity contribution >= 4 is 5.91 Å². The van der Waals surface area contributed by atoms with Crippen LogP contribution in [0.25, 0.3) is 0 Å². The molecule has 0 heterocycles. The molecule has 0 rings (SSSR count). The molecule has 0 aliphatic carbocycles. The largest absolute Gasteiger partial charge is 0.356 e. The lowest BCUT2D eigenvalue weighted by molar-refractivity contribution is -0.121. The second kappa shape index (κ2) is 14.8. The molecular formula is C16H35N3O. The molecule has 0 atom stereocenters. The first-order valence-electron chi connectivity index (χ1n) is 8.34. The van der Waals surface area contributed by atoms with Crippen molar-refractivity contribution in [1.82, 2.24) is 10.6 Å². The second-order valence-electron chi connectivity index (χ2n) is 5.96. The van der Waals surface area contributed by atoms with Gasteiger partial charge in [0.2, 0.25) is 5.91 Å². The molecule has 0 unspecified atom stereocenters. The van der Waals surface area contributed by atoms with E-state index in [1.54, 1.807) is 0 Å². The molecule has 4 N–H and O–H groups in total. The monoisotopic (exact) mass is 285 g/mol. The van der Waals surface area contributed by atoms with Gasteiger partial charge in [-0.05, 0) is 44.8 Å². The molecule has 0 saturated carbocycles. The summed E-state index contributed by atoms with van der Waals surface area (Å²) in [5.41, 5.74) is 5.45. The average Bonchev–Trinajstić information content (AvgIpc) is 2.39. The van der Waals surface area contributed by atoms with Crippen molar-refractivity contribution in [1.29, 1.82) is 0 Å². The van der Waals surface area contributed by atoms with Gasteiger partial charge in [0.25, 0.3) is 0 Å². The first kappa shape index (κ1) is 19.4. The van der Waals surface area contributed by atoms with Gasteiger partial charge in [-0.15, -0.1) is 0 Å². The number of carbonyl (C=O) groups is 1. The Hall–Kier alpha value is -0.610. The van der Waals surface area contributed by atoms with E-state index in [9.17, 15) is 4.79 Å². The molecular weight excluding hydrogens is 250 g/mol. The molecule has 0 bridgehead atoms. The number of hydrogen-bond acceptors (Lipinski definition) is 3. The summed E-state index contributed by atoms with van der Waals surface area (Å²) >= 11 is 0. The fourth-order valence-corrected chi connectivity index (χ4v) is 2.11. The minimum atomic E-state index is 0.178. The lowest BCUT2D eigenvalue weighted by Crippen LogP contribution is -2.28. The van der Waals surface area contributed by atoms with Gasteiger partial charge in [-0.3, -0.25) is 4.79 Å². The van der Waals surface area contributed by atoms with Crippen LogP contribution in [0.1, 0.15) is 65.2 Å². The van der Waals surface area contributed by atoms with Gasteiger partial charge < -0.3 is 16.4 Å². The topological polar surface area (TPSA) is 67.2 Å². The summed E-state index contributed by atoms with van der Waals surface area (Å²) in [6, 6.07) is 0. The van der Waals surface area contributed by atoms with Crippen molar-refractivity contribution in [3.8, 4) is 0 Å². The molecule has 0 aromatic heterocycles. The summed E-state index contributed by atoms with van der Waals surface area (Å²) in [7, 11) is 0. The molecule has 4 nitrogen and oxygen atoms in total. The maximum atomic E-state index is 11.4. The highest BCUT2D eigenvalue weighted by Crippen LogP contribution is 2.03. The van der Waals surface area contributed by atoms with E-state index in [0.29, 0.717) is 12.3 Å². The third-order valence-electron chi connectivity index (χ3n) is 3.25. The number of carbonyl (C=O) groups excluding carboxylic acids is 1. The third kappa shape index (κ3) is 15.4. The van der Waals surface area contributed by atoms with Crippen molar-refractivity contribution < 1.29 is 4.79 Å². The van der Waals surface area contributed by atoms with Gasteiger partial charge in [0.1, 0.15) is 0 Å². The van der Waals surface area contributed by atoms with Crippen LogP contribution in [0.5, 0.6) is 0 Å². The Labute approximate surface area is 125 Å². The number of rotatable bonds is 14. The SMILES string of the molecule is CC(C)CC(=O)NCCCNCCCCCCCCN. The minimum Gasteiger partial charge on any atom is -0.356 e. The van der Waals surface area contributed by atoms with Crippen LogP contribution in [0.15, 0.2) is 0 Å². The molecule has 0 aromatic rings. The summed E-state index contributed by atoms with van der Waals surface area (Å²) in [4.78, 5) is 11.4. The predicted molar refractivity (Wildman–Crippen MR) is 86.7 cm³/mol. The second-order valence-corrected chi connectivity index (χ2v) is 5.96. The lowest BCUT2D eigenvalue weighted by atomic mass is 10.1. The van der Waals surface area contributed by atoms with Gasteiger partial charge in [-0.1, -0.05) is 39.5 Å². The zero-order valence-corrected chi connectivity index (χ0v) is 13.5. The fraction of sp³-hybridized carbons (Fsp3) is 0.938. The van der Waals surface area contributed by atoms with Crippen LogP contribution in [0.2, 0.25) is 0 Å². The van der Waals surface area contributed by atoms with Gasteiger partial charge >= 0.3 is 0 Å². The molecule has 0 aliphatic rings. The van der Waals surface area contributed by atoms with E-state index in [1.165, 1.54) is 38.5 Å². The van der Waals surface area contributed by atoms with E-state index < -0.39 is 0 Å². The number of unbranched alkanes of at least 4 members (excludes halogenated alkanes) is 5. The van der Waals surface area contributed by atoms with Crippen molar-refractivity contribution in [2.75, 3.05) is 26.2 Å². The van der Waals surface area contributed by atoms with Crippen LogP contribution >= 0.6 is 0 Å². The van der Waals surface area contributed by atoms with Crippen LogP contribution < -0.4 is 16.4 Å². The van der Waals surface area contributed by atoms with Crippen LogP contribution in [0, 0.1) is 5.92 Å². The summed E-state index contributed by atoms with van der Waals surface area (Å²) in [5.74, 6) is 0.621. The standard InChI is InChI=1S/C16H35N3O/c1-15(2)14-16(20)19-13-9-12-18-11-8-6-4-3-5-7-10-17/h15,18H,3-14,17H2,1-2H3,(H,19,20). The molecule has 0 aromatic carbocycles. The molecule has 120 valence electrons. The van der Waals surface area contributed by atoms with Crippen LogP contribution in [0.3, 0.4) is 0 Å². The minimum absolute atomic E-state index is 0.178. The molecule has 0 fully saturated rings. The number of nitrogens with two attached hydrogens (primary N) is 1. The Morgan fingerprint density at radius 2 is 1.50 bits per heavy atom. The van der Waals surface area contributed by atoms with Crippen molar-refractivity contribution in [2.24, 2.45) is 11.7 Å². The highest BCUT2D eigenvalue weighted by molar-refractivity contribution is 5.75. The summed E-state index contributed by atoms with van der Waals surface area (Å²) in [5, 5.41) is 6.39. The van der Waals surface area contributed by atoms with E-state index in [-0.39, 0.29) is 5.91 Å². The Morgan fingerprint density at radius 3 is 2.15 bits per heavy atom. The van der Waals surface area contributed by atoms with Crippen LogP contribution in [-0.2, 0) is 4.79 Å². The predicted octanol–water partition coefficient (Wildman–Crippen LogP) is 2.43. The van der Waals surface area contributed by atoms with Crippen molar-refractivity contribution in [3.63, 3.8) is 0 Å². The van der Waals surface area contributed by atoms with E-state index in [1.807, 2.05) is 0 Å². The zero-order chi connectivity index (χ0) is 15.1. The van der Waals surface area contributed by atoms with E-state index in [0.717, 1.165) is 32.6 Å². The Kier molecular flexibility index (Phi) is 14.3. The first-order valence-corrected chi connectivity index (χ1v) is 8.34. The molecule has 0 radical (unpaired) electrons. The molecule has 0 aliphatic heterocycles. The number of hydrogen-bond donors (Lipinski definition) is 3. The van der Waals surface area contributed by atoms with Crippen LogP contribution in [0.4, 0.5) is 0 Å². The summed E-state index contributed by atoms with van der Waals surface area (Å²) < 4.78 is 0. The maximum Gasteiger partial charge on any atom is 0.220 e. The summed E-state index contributed by atoms with van der Waals surface area (Å²) in [6.45, 7) is 7.84. The van der Waals surface area contributed by atoms with Gasteiger partial charge in [0, 0.05) is 13.0 Å². The number of amides is 1. The maximum absolute atomic E-state index is 11.4. The summed E-state index contributed by atoms with van der Waals surface area (Å²) in [6.07, 6.45) is 9.30. The van der Waals surface area contributed by atoms with Crippen molar-refractivity contribution in [2.45, 2.75) is 65.2 Å². The third-order valence-corrected chi connectivity index (χ3v) is 3.25. The Bertz CT molecular complexity index is 220. The van der Waals surface area contributed by atoms with E-state index in [4.69, 9.17) is 5.73 Å². The van der Waals surface area contributed by atoms with Gasteiger partial charge in [0.05, 0.1) is 0 Å². The highest BCUT2D eigenvalue weighted by atomic mass is 16.1. The van der Waals surface area contributed by atoms with Gasteiger partial charge in [-0.2, -0.15) is 0 Å². The average molecular weight is 285 g/mol. The quantitative estimate of drug-likeness (QED) is 0.429. The fourth-order valence-electron chi connectivity index (χ4n) is 2.11. The molecule has 20 heavy (non-hydrogen) atoms. The van der Waals surface area contributed by atoms with Gasteiger partial charge in [-0.25, -0.2) is 0 Å². The van der Waals surface area contributed by atoms with Gasteiger partial charge in [0.15, 0.2) is 0 Å². The Morgan fingerprint density at radius 1 is 0.900 bits per heavy atom. The van der Waals surface area contributed by atoms with E-state index in [2.05, 4.69) is 24.5 Å². The lowest BCUT2D eigenvalue weighted by Gasteiger charge is -2.08. The Balaban J connectivity index is 3.08. The zero-order valence-electron chi connectivity index (χ0n) is 13.5. The first-order chi connectivity index (χ1) is 9.66. The van der Waals surface area contributed by atoms with E-state index >= 15 is 0 Å². The molecule has 0 spiro atoms. The number of nitrogens with one attached hydrogen (secondary N) is 2.